The van der Waals surface area contributed by atoms with E-state index in [1.807, 2.05) is 6.92 Å². The van der Waals surface area contributed by atoms with E-state index in [0.29, 0.717) is 17.7 Å². The summed E-state index contributed by atoms with van der Waals surface area (Å²) in [6.07, 6.45) is 2.15. The smallest absolute Gasteiger partial charge is 0.255 e. The fraction of sp³-hybridized carbons (Fsp3) is 0.545. The van der Waals surface area contributed by atoms with E-state index >= 15 is 0 Å². The van der Waals surface area contributed by atoms with Gasteiger partial charge in [-0.05, 0) is 26.3 Å². The molecule has 2 N–H and O–H groups in total. The van der Waals surface area contributed by atoms with E-state index in [4.69, 9.17) is 9.52 Å². The van der Waals surface area contributed by atoms with Crippen LogP contribution in [0.4, 0.5) is 0 Å². The van der Waals surface area contributed by atoms with Gasteiger partial charge in [-0.1, -0.05) is 6.92 Å². The molecule has 84 valence electrons. The Morgan fingerprint density at radius 2 is 2.33 bits per heavy atom. The van der Waals surface area contributed by atoms with Crippen LogP contribution in [0.1, 0.15) is 36.4 Å². The third-order valence-electron chi connectivity index (χ3n) is 2.65. The Kier molecular flexibility index (Phi) is 3.52. The molecule has 0 aliphatic rings. The summed E-state index contributed by atoms with van der Waals surface area (Å²) in [4.78, 5) is 11.8. The zero-order valence-electron chi connectivity index (χ0n) is 9.33. The third-order valence-corrected chi connectivity index (χ3v) is 2.65. The van der Waals surface area contributed by atoms with Crippen LogP contribution < -0.4 is 5.32 Å². The van der Waals surface area contributed by atoms with Gasteiger partial charge in [0.25, 0.3) is 5.91 Å². The van der Waals surface area contributed by atoms with Crippen molar-refractivity contribution >= 4 is 5.91 Å². The molecule has 4 nitrogen and oxygen atoms in total. The van der Waals surface area contributed by atoms with E-state index in [1.54, 1.807) is 19.9 Å². The highest BCUT2D eigenvalue weighted by Crippen LogP contribution is 2.13. The molecule has 0 saturated carbocycles. The van der Waals surface area contributed by atoms with Gasteiger partial charge in [0.1, 0.15) is 5.76 Å². The third kappa shape index (κ3) is 2.59. The molecule has 1 unspecified atom stereocenters. The summed E-state index contributed by atoms with van der Waals surface area (Å²) in [5.41, 5.74) is -0.0519. The number of aliphatic hydroxyl groups excluding tert-OH is 1. The summed E-state index contributed by atoms with van der Waals surface area (Å²) in [5.74, 6) is 0.378. The molecule has 4 heteroatoms. The molecule has 0 aromatic carbocycles. The molecule has 15 heavy (non-hydrogen) atoms. The van der Waals surface area contributed by atoms with Crippen molar-refractivity contribution in [3.63, 3.8) is 0 Å². The van der Waals surface area contributed by atoms with Gasteiger partial charge < -0.3 is 14.8 Å². The normalized spacial score (nSPS) is 14.7. The molecular formula is C11H17NO3. The molecular weight excluding hydrogens is 194 g/mol. The summed E-state index contributed by atoms with van der Waals surface area (Å²) in [6, 6.07) is 1.62. The minimum atomic E-state index is -0.569. The van der Waals surface area contributed by atoms with Crippen molar-refractivity contribution in [3.8, 4) is 0 Å². The second-order valence-electron chi connectivity index (χ2n) is 3.92. The summed E-state index contributed by atoms with van der Waals surface area (Å²) < 4.78 is 5.04. The predicted octanol–water partition coefficient (Wildman–Crippen LogP) is 1.48. The van der Waals surface area contributed by atoms with Crippen LogP contribution in [0.25, 0.3) is 0 Å². The minimum absolute atomic E-state index is 0.0772. The van der Waals surface area contributed by atoms with Gasteiger partial charge in [0.2, 0.25) is 0 Å². The van der Waals surface area contributed by atoms with E-state index in [2.05, 4.69) is 5.32 Å². The lowest BCUT2D eigenvalue weighted by atomic mass is 9.99. The van der Waals surface area contributed by atoms with Crippen molar-refractivity contribution in [1.29, 1.82) is 0 Å². The first kappa shape index (κ1) is 11.8. The van der Waals surface area contributed by atoms with E-state index in [9.17, 15) is 4.79 Å². The van der Waals surface area contributed by atoms with Gasteiger partial charge in [-0.2, -0.15) is 0 Å². The van der Waals surface area contributed by atoms with Gasteiger partial charge in [-0.3, -0.25) is 4.79 Å². The number of aliphatic hydroxyl groups is 1. The molecule has 0 bridgehead atoms. The Morgan fingerprint density at radius 3 is 2.73 bits per heavy atom. The lowest BCUT2D eigenvalue weighted by Gasteiger charge is -2.26. The fourth-order valence-electron chi connectivity index (χ4n) is 1.20. The average Bonchev–Trinajstić information content (AvgIpc) is 2.64. The Hall–Kier alpha value is -1.29. The largest absolute Gasteiger partial charge is 0.469 e. The maximum atomic E-state index is 11.8. The lowest BCUT2D eigenvalue weighted by Crippen LogP contribution is -2.48. The van der Waals surface area contributed by atoms with Crippen LogP contribution in [0.15, 0.2) is 16.7 Å². The van der Waals surface area contributed by atoms with Crippen molar-refractivity contribution in [1.82, 2.24) is 5.32 Å². The lowest BCUT2D eigenvalue weighted by molar-refractivity contribution is 0.0846. The van der Waals surface area contributed by atoms with Crippen LogP contribution in [0.5, 0.6) is 0 Å². The van der Waals surface area contributed by atoms with Crippen LogP contribution in [-0.2, 0) is 0 Å². The number of hydrogen-bond acceptors (Lipinski definition) is 3. The minimum Gasteiger partial charge on any atom is -0.469 e. The predicted molar refractivity (Wildman–Crippen MR) is 56.7 cm³/mol. The van der Waals surface area contributed by atoms with Crippen molar-refractivity contribution in [2.75, 3.05) is 6.61 Å². The molecule has 1 aromatic rings. The van der Waals surface area contributed by atoms with Crippen LogP contribution in [-0.4, -0.2) is 23.2 Å². The van der Waals surface area contributed by atoms with E-state index < -0.39 is 5.54 Å². The van der Waals surface area contributed by atoms with Crippen molar-refractivity contribution < 1.29 is 14.3 Å². The number of hydrogen-bond donors (Lipinski definition) is 2. The average molecular weight is 211 g/mol. The monoisotopic (exact) mass is 211 g/mol. The number of carbonyl (C=O) groups excluding carboxylic acids is 1. The first-order valence-corrected chi connectivity index (χ1v) is 5.00. The first-order chi connectivity index (χ1) is 7.02. The molecule has 1 atom stereocenters. The van der Waals surface area contributed by atoms with Gasteiger partial charge in [-0.15, -0.1) is 0 Å². The zero-order valence-corrected chi connectivity index (χ0v) is 9.33. The fourth-order valence-corrected chi connectivity index (χ4v) is 1.20. The van der Waals surface area contributed by atoms with Gasteiger partial charge in [-0.25, -0.2) is 0 Å². The number of rotatable bonds is 4. The molecule has 1 heterocycles. The van der Waals surface area contributed by atoms with E-state index in [0.717, 1.165) is 0 Å². The molecule has 1 amide bonds. The number of carbonyl (C=O) groups is 1. The Labute approximate surface area is 89.3 Å². The number of aryl methyl sites for hydroxylation is 1. The van der Waals surface area contributed by atoms with Crippen LogP contribution in [0.2, 0.25) is 0 Å². The Balaban J connectivity index is 2.76. The molecule has 0 spiro atoms. The molecule has 0 radical (unpaired) electrons. The van der Waals surface area contributed by atoms with Crippen molar-refractivity contribution in [3.05, 3.63) is 23.7 Å². The molecule has 0 saturated heterocycles. The molecule has 0 aliphatic heterocycles. The highest BCUT2D eigenvalue weighted by atomic mass is 16.3. The summed E-state index contributed by atoms with van der Waals surface area (Å²) in [7, 11) is 0. The molecule has 1 aromatic heterocycles. The van der Waals surface area contributed by atoms with Gasteiger partial charge in [0.15, 0.2) is 0 Å². The number of amides is 1. The second kappa shape index (κ2) is 4.49. The van der Waals surface area contributed by atoms with Crippen molar-refractivity contribution in [2.45, 2.75) is 32.7 Å². The second-order valence-corrected chi connectivity index (χ2v) is 3.92. The number of furan rings is 1. The van der Waals surface area contributed by atoms with E-state index in [1.165, 1.54) is 6.26 Å². The molecule has 1 rings (SSSR count). The van der Waals surface area contributed by atoms with Gasteiger partial charge in [0.05, 0.1) is 24.0 Å². The number of nitrogens with one attached hydrogen (secondary N) is 1. The van der Waals surface area contributed by atoms with Gasteiger partial charge in [0, 0.05) is 0 Å². The standard InChI is InChI=1S/C11H17NO3/c1-4-11(3,7-13)12-10(14)9-5-6-15-8(9)2/h5-6,13H,4,7H2,1-3H3,(H,12,14). The highest BCUT2D eigenvalue weighted by Gasteiger charge is 2.24. The first-order valence-electron chi connectivity index (χ1n) is 5.00. The summed E-state index contributed by atoms with van der Waals surface area (Å²) in [5, 5.41) is 11.9. The zero-order chi connectivity index (χ0) is 11.5. The molecule has 0 aliphatic carbocycles. The van der Waals surface area contributed by atoms with Crippen molar-refractivity contribution in [2.24, 2.45) is 0 Å². The van der Waals surface area contributed by atoms with Gasteiger partial charge >= 0.3 is 0 Å². The van der Waals surface area contributed by atoms with Crippen LogP contribution in [0, 0.1) is 6.92 Å². The topological polar surface area (TPSA) is 62.5 Å². The highest BCUT2D eigenvalue weighted by molar-refractivity contribution is 5.95. The SMILES string of the molecule is CCC(C)(CO)NC(=O)c1ccoc1C. The maximum absolute atomic E-state index is 11.8. The maximum Gasteiger partial charge on any atom is 0.255 e. The Bertz CT molecular complexity index is 339. The van der Waals surface area contributed by atoms with Crippen LogP contribution >= 0.6 is 0 Å². The summed E-state index contributed by atoms with van der Waals surface area (Å²) >= 11 is 0. The summed E-state index contributed by atoms with van der Waals surface area (Å²) in [6.45, 7) is 5.38. The Morgan fingerprint density at radius 1 is 1.67 bits per heavy atom. The van der Waals surface area contributed by atoms with Crippen LogP contribution in [0.3, 0.4) is 0 Å². The quantitative estimate of drug-likeness (QED) is 0.793. The van der Waals surface area contributed by atoms with E-state index in [-0.39, 0.29) is 12.5 Å². The molecule has 0 fully saturated rings.